The quantitative estimate of drug-likeness (QED) is 0.553. The van der Waals surface area contributed by atoms with Crippen LogP contribution in [-0.4, -0.2) is 16.0 Å². The van der Waals surface area contributed by atoms with Crippen molar-refractivity contribution in [2.45, 2.75) is 6.92 Å². The molecule has 0 radical (unpaired) electrons. The molecule has 0 N–H and O–H groups in total. The molecule has 10 heavy (non-hydrogen) atoms. The second-order valence-electron chi connectivity index (χ2n) is 1.96. The lowest BCUT2D eigenvalue weighted by atomic mass is 10.5. The number of carbonyl (C=O) groups is 1. The number of carbonyl (C=O) groups excluding carboxylic acids is 1. The fourth-order valence-corrected chi connectivity index (χ4v) is 0.631. The van der Waals surface area contributed by atoms with Gasteiger partial charge in [0, 0.05) is 7.05 Å². The Bertz CT molecular complexity index is 242. The Labute approximate surface area is 58.4 Å². The van der Waals surface area contributed by atoms with E-state index in [-0.39, 0.29) is 0 Å². The zero-order valence-electron chi connectivity index (χ0n) is 5.87. The Morgan fingerprint density at radius 1 is 1.80 bits per heavy atom. The molecule has 1 aromatic rings. The molecule has 0 aliphatic rings. The summed E-state index contributed by atoms with van der Waals surface area (Å²) in [6.07, 6.45) is 1.59. The van der Waals surface area contributed by atoms with Crippen LogP contribution in [0.1, 0.15) is 5.69 Å². The highest BCUT2D eigenvalue weighted by atomic mass is 16.5. The first-order valence-corrected chi connectivity index (χ1v) is 2.84. The maximum absolute atomic E-state index is 9.86. The van der Waals surface area contributed by atoms with Crippen LogP contribution < -0.4 is 4.74 Å². The lowest BCUT2D eigenvalue weighted by molar-refractivity contribution is -0.120. The number of aryl methyl sites for hydroxylation is 1. The summed E-state index contributed by atoms with van der Waals surface area (Å²) in [5.74, 6) is 0.373. The first-order valence-electron chi connectivity index (χ1n) is 2.84. The Hall–Kier alpha value is -1.32. The Balaban J connectivity index is 2.93. The van der Waals surface area contributed by atoms with Crippen molar-refractivity contribution < 1.29 is 9.53 Å². The van der Waals surface area contributed by atoms with Crippen molar-refractivity contribution in [3.8, 4) is 5.88 Å². The molecule has 1 rings (SSSR count). The number of nitrogens with zero attached hydrogens (tertiary/aromatic N) is 2. The SMILES string of the molecule is Cc1c(OC=O)ncn1C. The van der Waals surface area contributed by atoms with Crippen LogP contribution in [0.4, 0.5) is 0 Å². The van der Waals surface area contributed by atoms with E-state index in [0.29, 0.717) is 12.4 Å². The highest BCUT2D eigenvalue weighted by molar-refractivity contribution is 5.43. The van der Waals surface area contributed by atoms with Gasteiger partial charge >= 0.3 is 0 Å². The molecule has 0 spiro atoms. The summed E-state index contributed by atoms with van der Waals surface area (Å²) in [5.41, 5.74) is 0.840. The van der Waals surface area contributed by atoms with Crippen molar-refractivity contribution >= 4 is 6.47 Å². The second-order valence-corrected chi connectivity index (χ2v) is 1.96. The fourth-order valence-electron chi connectivity index (χ4n) is 0.631. The molecule has 4 nitrogen and oxygen atoms in total. The van der Waals surface area contributed by atoms with Crippen molar-refractivity contribution in [2.75, 3.05) is 0 Å². The van der Waals surface area contributed by atoms with E-state index in [1.165, 1.54) is 0 Å². The van der Waals surface area contributed by atoms with Gasteiger partial charge in [-0.15, -0.1) is 0 Å². The van der Waals surface area contributed by atoms with Crippen molar-refractivity contribution in [3.63, 3.8) is 0 Å². The van der Waals surface area contributed by atoms with Crippen LogP contribution in [0.2, 0.25) is 0 Å². The van der Waals surface area contributed by atoms with E-state index in [1.807, 2.05) is 14.0 Å². The average molecular weight is 140 g/mol. The first-order chi connectivity index (χ1) is 4.75. The van der Waals surface area contributed by atoms with E-state index in [9.17, 15) is 4.79 Å². The Morgan fingerprint density at radius 3 is 2.90 bits per heavy atom. The Kier molecular flexibility index (Phi) is 1.71. The molecule has 4 heteroatoms. The molecule has 1 heterocycles. The number of hydrogen-bond acceptors (Lipinski definition) is 3. The van der Waals surface area contributed by atoms with Crippen LogP contribution in [0.15, 0.2) is 6.33 Å². The smallest absolute Gasteiger partial charge is 0.299 e. The molecule has 0 fully saturated rings. The van der Waals surface area contributed by atoms with E-state index in [2.05, 4.69) is 9.72 Å². The minimum atomic E-state index is 0.370. The van der Waals surface area contributed by atoms with Crippen LogP contribution in [0, 0.1) is 6.92 Å². The molecule has 0 atom stereocenters. The molecule has 0 saturated heterocycles. The van der Waals surface area contributed by atoms with Crippen LogP contribution in [0.5, 0.6) is 5.88 Å². The first kappa shape index (κ1) is 6.80. The summed E-state index contributed by atoms with van der Waals surface area (Å²) < 4.78 is 6.32. The third-order valence-corrected chi connectivity index (χ3v) is 1.35. The number of rotatable bonds is 2. The molecule has 0 saturated carbocycles. The molecule has 0 unspecified atom stereocenters. The van der Waals surface area contributed by atoms with Gasteiger partial charge in [0.15, 0.2) is 0 Å². The topological polar surface area (TPSA) is 44.1 Å². The Morgan fingerprint density at radius 2 is 2.50 bits per heavy atom. The maximum atomic E-state index is 9.86. The van der Waals surface area contributed by atoms with Crippen LogP contribution in [0.3, 0.4) is 0 Å². The van der Waals surface area contributed by atoms with Crippen molar-refractivity contribution in [2.24, 2.45) is 7.05 Å². The average Bonchev–Trinajstić information content (AvgIpc) is 2.20. The standard InChI is InChI=1S/C6H8N2O2/c1-5-6(10-4-9)7-3-8(5)2/h3-4H,1-2H3. The molecular formula is C6H8N2O2. The molecule has 0 amide bonds. The summed E-state index contributed by atoms with van der Waals surface area (Å²) in [5, 5.41) is 0. The molecule has 0 bridgehead atoms. The van der Waals surface area contributed by atoms with Crippen LogP contribution in [0.25, 0.3) is 0 Å². The zero-order chi connectivity index (χ0) is 7.56. The van der Waals surface area contributed by atoms with Gasteiger partial charge in [0.25, 0.3) is 6.47 Å². The van der Waals surface area contributed by atoms with Crippen molar-refractivity contribution in [1.82, 2.24) is 9.55 Å². The summed E-state index contributed by atoms with van der Waals surface area (Å²) in [7, 11) is 1.83. The number of ether oxygens (including phenoxy) is 1. The molecule has 0 aliphatic heterocycles. The van der Waals surface area contributed by atoms with E-state index >= 15 is 0 Å². The molecule has 0 aliphatic carbocycles. The molecule has 0 aromatic carbocycles. The largest absolute Gasteiger partial charge is 0.408 e. The van der Waals surface area contributed by atoms with Gasteiger partial charge in [-0.25, -0.2) is 4.98 Å². The molecule has 1 aromatic heterocycles. The van der Waals surface area contributed by atoms with Gasteiger partial charge in [-0.05, 0) is 6.92 Å². The fraction of sp³-hybridized carbons (Fsp3) is 0.333. The van der Waals surface area contributed by atoms with Crippen molar-refractivity contribution in [3.05, 3.63) is 12.0 Å². The second kappa shape index (κ2) is 2.51. The van der Waals surface area contributed by atoms with E-state index in [0.717, 1.165) is 5.69 Å². The third kappa shape index (κ3) is 1.00. The summed E-state index contributed by atoms with van der Waals surface area (Å²) in [4.78, 5) is 13.7. The van der Waals surface area contributed by atoms with E-state index in [4.69, 9.17) is 0 Å². The highest BCUT2D eigenvalue weighted by Crippen LogP contribution is 2.11. The van der Waals surface area contributed by atoms with Crippen molar-refractivity contribution in [1.29, 1.82) is 0 Å². The lowest BCUT2D eigenvalue weighted by Crippen LogP contribution is -1.92. The number of imidazole rings is 1. The van der Waals surface area contributed by atoms with Gasteiger partial charge in [0.05, 0.1) is 12.0 Å². The van der Waals surface area contributed by atoms with Gasteiger partial charge in [-0.2, -0.15) is 0 Å². The van der Waals surface area contributed by atoms with Crippen LogP contribution >= 0.6 is 0 Å². The van der Waals surface area contributed by atoms with Gasteiger partial charge < -0.3 is 9.30 Å². The number of hydrogen-bond donors (Lipinski definition) is 0. The summed E-state index contributed by atoms with van der Waals surface area (Å²) >= 11 is 0. The third-order valence-electron chi connectivity index (χ3n) is 1.35. The molecular weight excluding hydrogens is 132 g/mol. The minimum absolute atomic E-state index is 0.370. The van der Waals surface area contributed by atoms with Gasteiger partial charge in [0.1, 0.15) is 0 Å². The molecule has 54 valence electrons. The summed E-state index contributed by atoms with van der Waals surface area (Å²) in [6, 6.07) is 0. The highest BCUT2D eigenvalue weighted by Gasteiger charge is 2.02. The van der Waals surface area contributed by atoms with Gasteiger partial charge in [0.2, 0.25) is 5.88 Å². The van der Waals surface area contributed by atoms with Crippen LogP contribution in [-0.2, 0) is 11.8 Å². The van der Waals surface area contributed by atoms with E-state index < -0.39 is 0 Å². The predicted molar refractivity (Wildman–Crippen MR) is 34.6 cm³/mol. The minimum Gasteiger partial charge on any atom is -0.408 e. The normalized spacial score (nSPS) is 9.40. The lowest BCUT2D eigenvalue weighted by Gasteiger charge is -1.94. The van der Waals surface area contributed by atoms with Gasteiger partial charge in [-0.3, -0.25) is 4.79 Å². The maximum Gasteiger partial charge on any atom is 0.299 e. The monoisotopic (exact) mass is 140 g/mol. The zero-order valence-corrected chi connectivity index (χ0v) is 5.87. The predicted octanol–water partition coefficient (Wildman–Crippen LogP) is 0.264. The van der Waals surface area contributed by atoms with E-state index in [1.54, 1.807) is 10.9 Å². The van der Waals surface area contributed by atoms with Gasteiger partial charge in [-0.1, -0.05) is 0 Å². The number of aromatic nitrogens is 2. The summed E-state index contributed by atoms with van der Waals surface area (Å²) in [6.45, 7) is 2.20.